The van der Waals surface area contributed by atoms with Crippen molar-refractivity contribution in [3.8, 4) is 0 Å². The van der Waals surface area contributed by atoms with Crippen LogP contribution in [-0.2, 0) is 22.7 Å². The Bertz CT molecular complexity index is 846. The van der Waals surface area contributed by atoms with E-state index in [1.165, 1.54) is 19.3 Å². The van der Waals surface area contributed by atoms with E-state index in [2.05, 4.69) is 16.7 Å². The summed E-state index contributed by atoms with van der Waals surface area (Å²) >= 11 is 0. The van der Waals surface area contributed by atoms with Crippen LogP contribution in [0.2, 0.25) is 0 Å². The van der Waals surface area contributed by atoms with Crippen LogP contribution in [0.5, 0.6) is 0 Å². The van der Waals surface area contributed by atoms with Gasteiger partial charge in [0.1, 0.15) is 6.04 Å². The monoisotopic (exact) mass is 368 g/mol. The summed E-state index contributed by atoms with van der Waals surface area (Å²) < 4.78 is 0. The fourth-order valence-electron chi connectivity index (χ4n) is 4.91. The molecule has 2 heterocycles. The number of rotatable bonds is 4. The standard InChI is InChI=1S/C20H24N4O3/c21-16-8-20(16)6-13(7-20)22-9-11-1-2-14-12(5-11)10-24(19(14)27)15-3-4-17(25)23-18(15)26/h1-2,5,13,15-16,22H,3-4,6-10,21H2,(H,23,25,26). The van der Waals surface area contributed by atoms with Crippen LogP contribution in [-0.4, -0.2) is 40.7 Å². The van der Waals surface area contributed by atoms with E-state index in [1.54, 1.807) is 4.90 Å². The van der Waals surface area contributed by atoms with Crippen LogP contribution in [0.4, 0.5) is 0 Å². The van der Waals surface area contributed by atoms with Crippen LogP contribution >= 0.6 is 0 Å². The summed E-state index contributed by atoms with van der Waals surface area (Å²) in [5.41, 5.74) is 9.19. The lowest BCUT2D eigenvalue weighted by Gasteiger charge is -2.37. The first-order chi connectivity index (χ1) is 12.9. The summed E-state index contributed by atoms with van der Waals surface area (Å²) in [6.07, 6.45) is 4.17. The molecule has 7 heteroatoms. The zero-order valence-electron chi connectivity index (χ0n) is 15.2. The molecule has 0 bridgehead atoms. The molecule has 7 nitrogen and oxygen atoms in total. The summed E-state index contributed by atoms with van der Waals surface area (Å²) in [4.78, 5) is 37.7. The van der Waals surface area contributed by atoms with E-state index in [4.69, 9.17) is 5.73 Å². The van der Waals surface area contributed by atoms with Crippen LogP contribution in [0, 0.1) is 5.41 Å². The van der Waals surface area contributed by atoms with Crippen molar-refractivity contribution in [3.63, 3.8) is 0 Å². The van der Waals surface area contributed by atoms with Crippen molar-refractivity contribution in [2.75, 3.05) is 0 Å². The number of piperidine rings is 1. The van der Waals surface area contributed by atoms with Crippen LogP contribution in [0.3, 0.4) is 0 Å². The highest BCUT2D eigenvalue weighted by Gasteiger charge is 2.59. The molecule has 0 radical (unpaired) electrons. The summed E-state index contributed by atoms with van der Waals surface area (Å²) in [5, 5.41) is 5.92. The quantitative estimate of drug-likeness (QED) is 0.668. The van der Waals surface area contributed by atoms with Gasteiger partial charge < -0.3 is 16.0 Å². The molecule has 1 spiro atoms. The first-order valence-corrected chi connectivity index (χ1v) is 9.71. The zero-order valence-corrected chi connectivity index (χ0v) is 15.2. The Morgan fingerprint density at radius 2 is 2.00 bits per heavy atom. The average Bonchev–Trinajstić information content (AvgIpc) is 3.17. The van der Waals surface area contributed by atoms with Crippen molar-refractivity contribution >= 4 is 17.7 Å². The first-order valence-electron chi connectivity index (χ1n) is 9.71. The molecule has 0 aromatic heterocycles. The lowest BCUT2D eigenvalue weighted by atomic mass is 9.76. The minimum Gasteiger partial charge on any atom is -0.327 e. The number of nitrogens with zero attached hydrogens (tertiary/aromatic N) is 1. The van der Waals surface area contributed by atoms with Crippen LogP contribution in [0.25, 0.3) is 0 Å². The van der Waals surface area contributed by atoms with Crippen molar-refractivity contribution in [2.24, 2.45) is 11.1 Å². The topological polar surface area (TPSA) is 105 Å². The van der Waals surface area contributed by atoms with E-state index in [0.717, 1.165) is 17.7 Å². The van der Waals surface area contributed by atoms with Gasteiger partial charge in [-0.2, -0.15) is 0 Å². The minimum absolute atomic E-state index is 0.123. The molecule has 2 aliphatic heterocycles. The second-order valence-corrected chi connectivity index (χ2v) is 8.55. The van der Waals surface area contributed by atoms with Gasteiger partial charge in [-0.25, -0.2) is 0 Å². The molecule has 27 heavy (non-hydrogen) atoms. The number of carbonyl (C=O) groups excluding carboxylic acids is 3. The van der Waals surface area contributed by atoms with Crippen molar-refractivity contribution < 1.29 is 14.4 Å². The Labute approximate surface area is 157 Å². The van der Waals surface area contributed by atoms with Gasteiger partial charge in [0, 0.05) is 37.2 Å². The fourth-order valence-corrected chi connectivity index (χ4v) is 4.91. The molecule has 1 aromatic rings. The number of benzene rings is 1. The normalized spacial score (nSPS) is 34.5. The highest BCUT2D eigenvalue weighted by Crippen LogP contribution is 2.59. The highest BCUT2D eigenvalue weighted by molar-refractivity contribution is 6.05. The third-order valence-corrected chi connectivity index (χ3v) is 6.74. The second-order valence-electron chi connectivity index (χ2n) is 8.55. The van der Waals surface area contributed by atoms with Crippen LogP contribution in [0.15, 0.2) is 18.2 Å². The van der Waals surface area contributed by atoms with Gasteiger partial charge in [0.15, 0.2) is 0 Å². The van der Waals surface area contributed by atoms with Crippen LogP contribution < -0.4 is 16.4 Å². The average molecular weight is 368 g/mol. The molecule has 3 amide bonds. The molecule has 1 saturated heterocycles. The summed E-state index contributed by atoms with van der Waals surface area (Å²) in [6.45, 7) is 1.20. The zero-order chi connectivity index (χ0) is 18.8. The second kappa shape index (κ2) is 5.87. The summed E-state index contributed by atoms with van der Waals surface area (Å²) in [6, 6.07) is 6.28. The molecule has 142 valence electrons. The maximum Gasteiger partial charge on any atom is 0.255 e. The number of carbonyl (C=O) groups is 3. The number of fused-ring (bicyclic) bond motifs is 1. The first kappa shape index (κ1) is 16.9. The predicted molar refractivity (Wildman–Crippen MR) is 97.4 cm³/mol. The molecule has 4 N–H and O–H groups in total. The fraction of sp³-hybridized carbons (Fsp3) is 0.550. The Morgan fingerprint density at radius 1 is 1.22 bits per heavy atom. The lowest BCUT2D eigenvalue weighted by Crippen LogP contribution is -2.52. The van der Waals surface area contributed by atoms with E-state index in [-0.39, 0.29) is 24.1 Å². The Morgan fingerprint density at radius 3 is 2.70 bits per heavy atom. The van der Waals surface area contributed by atoms with Gasteiger partial charge in [-0.3, -0.25) is 19.7 Å². The molecule has 2 unspecified atom stereocenters. The number of amides is 3. The minimum atomic E-state index is -0.557. The van der Waals surface area contributed by atoms with Gasteiger partial charge in [0.05, 0.1) is 0 Å². The van der Waals surface area contributed by atoms with Gasteiger partial charge in [-0.15, -0.1) is 0 Å². The SMILES string of the molecule is NC1CC12CC(NCc1ccc3c(c1)CN(C1CCC(=O)NC1=O)C3=O)C2. The third-order valence-electron chi connectivity index (χ3n) is 6.74. The summed E-state index contributed by atoms with van der Waals surface area (Å²) in [7, 11) is 0. The molecular weight excluding hydrogens is 344 g/mol. The van der Waals surface area contributed by atoms with Crippen LogP contribution in [0.1, 0.15) is 53.6 Å². The molecule has 2 saturated carbocycles. The van der Waals surface area contributed by atoms with Gasteiger partial charge in [-0.05, 0) is 48.3 Å². The van der Waals surface area contributed by atoms with E-state index >= 15 is 0 Å². The Kier molecular flexibility index (Phi) is 3.67. The predicted octanol–water partition coefficient (Wildman–Crippen LogP) is 0.417. The molecule has 1 aromatic carbocycles. The molecular formula is C20H24N4O3. The maximum absolute atomic E-state index is 12.7. The number of imide groups is 1. The van der Waals surface area contributed by atoms with Crippen molar-refractivity contribution in [3.05, 3.63) is 34.9 Å². The number of nitrogens with one attached hydrogen (secondary N) is 2. The lowest BCUT2D eigenvalue weighted by molar-refractivity contribution is -0.136. The van der Waals surface area contributed by atoms with Gasteiger partial charge in [0.25, 0.3) is 5.91 Å². The maximum atomic E-state index is 12.7. The van der Waals surface area contributed by atoms with Crippen molar-refractivity contribution in [1.29, 1.82) is 0 Å². The molecule has 2 aliphatic carbocycles. The van der Waals surface area contributed by atoms with E-state index in [0.29, 0.717) is 36.0 Å². The van der Waals surface area contributed by atoms with Gasteiger partial charge in [0.2, 0.25) is 11.8 Å². The number of hydrogen-bond donors (Lipinski definition) is 3. The third kappa shape index (κ3) is 2.76. The summed E-state index contributed by atoms with van der Waals surface area (Å²) in [5.74, 6) is -0.757. The molecule has 4 aliphatic rings. The number of nitrogens with two attached hydrogens (primary N) is 1. The highest BCUT2D eigenvalue weighted by atomic mass is 16.2. The van der Waals surface area contributed by atoms with Crippen molar-refractivity contribution in [2.45, 2.75) is 63.3 Å². The smallest absolute Gasteiger partial charge is 0.255 e. The van der Waals surface area contributed by atoms with Gasteiger partial charge in [-0.1, -0.05) is 12.1 Å². The van der Waals surface area contributed by atoms with E-state index < -0.39 is 6.04 Å². The molecule has 5 rings (SSSR count). The largest absolute Gasteiger partial charge is 0.327 e. The van der Waals surface area contributed by atoms with Crippen molar-refractivity contribution in [1.82, 2.24) is 15.5 Å². The van der Waals surface area contributed by atoms with E-state index in [1.807, 2.05) is 12.1 Å². The van der Waals surface area contributed by atoms with Gasteiger partial charge >= 0.3 is 0 Å². The Balaban J connectivity index is 1.22. The Hall–Kier alpha value is -2.25. The molecule has 2 atom stereocenters. The molecule has 3 fully saturated rings. The number of hydrogen-bond acceptors (Lipinski definition) is 5. The van der Waals surface area contributed by atoms with E-state index in [9.17, 15) is 14.4 Å².